The number of carbonyl (C=O) groups is 2. The first-order chi connectivity index (χ1) is 18.9. The minimum atomic E-state index is -0.329. The van der Waals surface area contributed by atoms with Gasteiger partial charge in [0, 0.05) is 22.8 Å². The number of carbonyl (C=O) groups excluding carboxylic acids is 2. The van der Waals surface area contributed by atoms with Gasteiger partial charge in [-0.2, -0.15) is 0 Å². The van der Waals surface area contributed by atoms with E-state index in [1.807, 2.05) is 55.1 Å². The number of para-hydroxylation sites is 2. The van der Waals surface area contributed by atoms with Gasteiger partial charge in [-0.1, -0.05) is 25.1 Å². The Hall–Kier alpha value is -3.72. The molecule has 8 nitrogen and oxygen atoms in total. The van der Waals surface area contributed by atoms with E-state index in [9.17, 15) is 9.59 Å². The van der Waals surface area contributed by atoms with Crippen LogP contribution >= 0.6 is 11.3 Å². The van der Waals surface area contributed by atoms with Crippen LogP contribution in [0.5, 0.6) is 17.2 Å². The molecule has 1 heterocycles. The number of thiophene rings is 1. The molecule has 3 rings (SSSR count). The minimum Gasteiger partial charge on any atom is -0.493 e. The minimum absolute atomic E-state index is 0.0211. The summed E-state index contributed by atoms with van der Waals surface area (Å²) in [7, 11) is 3.21. The molecule has 0 bridgehead atoms. The molecule has 0 saturated carbocycles. The van der Waals surface area contributed by atoms with Gasteiger partial charge >= 0.3 is 6.03 Å². The molecular formula is C30H39N3O5S. The van der Waals surface area contributed by atoms with Crippen LogP contribution in [0.4, 0.5) is 10.5 Å². The van der Waals surface area contributed by atoms with Crippen LogP contribution in [0.3, 0.4) is 0 Å². The van der Waals surface area contributed by atoms with E-state index in [1.54, 1.807) is 36.5 Å². The van der Waals surface area contributed by atoms with E-state index in [1.165, 1.54) is 4.88 Å². The summed E-state index contributed by atoms with van der Waals surface area (Å²) in [6.07, 6.45) is 1.36. The molecule has 2 aromatic carbocycles. The van der Waals surface area contributed by atoms with Crippen molar-refractivity contribution >= 4 is 29.0 Å². The highest BCUT2D eigenvalue weighted by atomic mass is 32.1. The molecule has 210 valence electrons. The number of hydrogen-bond donors (Lipinski definition) is 1. The third kappa shape index (κ3) is 8.64. The summed E-state index contributed by atoms with van der Waals surface area (Å²) < 4.78 is 16.4. The van der Waals surface area contributed by atoms with Crippen molar-refractivity contribution in [1.29, 1.82) is 0 Å². The van der Waals surface area contributed by atoms with Crippen LogP contribution in [0, 0.1) is 6.92 Å². The van der Waals surface area contributed by atoms with Crippen molar-refractivity contribution in [3.05, 3.63) is 69.9 Å². The SMILES string of the molecule is CCCN(CC(=O)N(CCc1ccc(OC)c(OC)c1)Cc1ccc(C)s1)C(=O)Nc1ccccc1OCC. The topological polar surface area (TPSA) is 80.3 Å². The standard InChI is InChI=1S/C30H39N3O5S/c1-6-17-33(30(35)31-25-10-8-9-11-26(25)38-7-2)21-29(34)32(20-24-14-12-22(3)39-24)18-16-23-13-15-27(36-4)28(19-23)37-5/h8-15,19H,6-7,16-18,20-21H2,1-5H3,(H,31,35). The molecule has 3 aromatic rings. The molecule has 0 fully saturated rings. The first-order valence-corrected chi connectivity index (χ1v) is 14.0. The van der Waals surface area contributed by atoms with Gasteiger partial charge in [0.2, 0.25) is 5.91 Å². The molecule has 0 aliphatic carbocycles. The molecule has 0 atom stereocenters. The average Bonchev–Trinajstić information content (AvgIpc) is 3.36. The van der Waals surface area contributed by atoms with Gasteiger partial charge < -0.3 is 29.3 Å². The zero-order chi connectivity index (χ0) is 28.2. The molecule has 3 amide bonds. The Morgan fingerprint density at radius 1 is 0.897 bits per heavy atom. The largest absolute Gasteiger partial charge is 0.493 e. The Bertz CT molecular complexity index is 1230. The number of ether oxygens (including phenoxy) is 3. The summed E-state index contributed by atoms with van der Waals surface area (Å²) in [5.74, 6) is 1.80. The zero-order valence-corrected chi connectivity index (χ0v) is 24.3. The third-order valence-corrected chi connectivity index (χ3v) is 7.13. The van der Waals surface area contributed by atoms with E-state index in [-0.39, 0.29) is 18.5 Å². The van der Waals surface area contributed by atoms with E-state index in [4.69, 9.17) is 14.2 Å². The lowest BCUT2D eigenvalue weighted by Gasteiger charge is -2.28. The lowest BCUT2D eigenvalue weighted by atomic mass is 10.1. The maximum absolute atomic E-state index is 13.7. The Morgan fingerprint density at radius 3 is 2.33 bits per heavy atom. The monoisotopic (exact) mass is 553 g/mol. The molecule has 1 aromatic heterocycles. The molecule has 0 unspecified atom stereocenters. The van der Waals surface area contributed by atoms with Crippen LogP contribution in [0.15, 0.2) is 54.6 Å². The maximum Gasteiger partial charge on any atom is 0.322 e. The van der Waals surface area contributed by atoms with Gasteiger partial charge in [-0.3, -0.25) is 4.79 Å². The van der Waals surface area contributed by atoms with E-state index in [0.717, 1.165) is 16.9 Å². The van der Waals surface area contributed by atoms with Gasteiger partial charge in [0.15, 0.2) is 11.5 Å². The van der Waals surface area contributed by atoms with Gasteiger partial charge in [-0.25, -0.2) is 4.79 Å². The molecule has 0 saturated heterocycles. The predicted octanol–water partition coefficient (Wildman–Crippen LogP) is 5.99. The normalized spacial score (nSPS) is 10.6. The molecule has 9 heteroatoms. The van der Waals surface area contributed by atoms with Gasteiger partial charge in [0.25, 0.3) is 0 Å². The van der Waals surface area contributed by atoms with Crippen LogP contribution in [0.1, 0.15) is 35.6 Å². The van der Waals surface area contributed by atoms with E-state index < -0.39 is 0 Å². The summed E-state index contributed by atoms with van der Waals surface area (Å²) >= 11 is 1.67. The fourth-order valence-electron chi connectivity index (χ4n) is 4.18. The molecule has 1 N–H and O–H groups in total. The highest BCUT2D eigenvalue weighted by Crippen LogP contribution is 2.28. The molecule has 0 aliphatic rings. The Labute approximate surface area is 235 Å². The summed E-state index contributed by atoms with van der Waals surface area (Å²) in [5.41, 5.74) is 1.61. The number of urea groups is 1. The number of methoxy groups -OCH3 is 2. The number of anilines is 1. The first-order valence-electron chi connectivity index (χ1n) is 13.2. The van der Waals surface area contributed by atoms with Crippen molar-refractivity contribution in [2.75, 3.05) is 45.8 Å². The van der Waals surface area contributed by atoms with Crippen molar-refractivity contribution in [1.82, 2.24) is 9.80 Å². The smallest absolute Gasteiger partial charge is 0.322 e. The number of nitrogens with one attached hydrogen (secondary N) is 1. The third-order valence-electron chi connectivity index (χ3n) is 6.15. The van der Waals surface area contributed by atoms with E-state index in [2.05, 4.69) is 24.4 Å². The zero-order valence-electron chi connectivity index (χ0n) is 23.5. The van der Waals surface area contributed by atoms with Crippen LogP contribution in [-0.2, 0) is 17.8 Å². The number of aryl methyl sites for hydroxylation is 1. The summed E-state index contributed by atoms with van der Waals surface area (Å²) in [4.78, 5) is 32.6. The second-order valence-electron chi connectivity index (χ2n) is 9.05. The number of hydrogen-bond acceptors (Lipinski definition) is 6. The van der Waals surface area contributed by atoms with Crippen LogP contribution in [-0.4, -0.2) is 62.2 Å². The molecule has 39 heavy (non-hydrogen) atoms. The van der Waals surface area contributed by atoms with Crippen LogP contribution < -0.4 is 19.5 Å². The maximum atomic E-state index is 13.7. The van der Waals surface area contributed by atoms with Crippen molar-refractivity contribution in [3.8, 4) is 17.2 Å². The van der Waals surface area contributed by atoms with Crippen LogP contribution in [0.25, 0.3) is 0 Å². The molecule has 0 aliphatic heterocycles. The fourth-order valence-corrected chi connectivity index (χ4v) is 5.09. The predicted molar refractivity (Wildman–Crippen MR) is 156 cm³/mol. The van der Waals surface area contributed by atoms with E-state index >= 15 is 0 Å². The quantitative estimate of drug-likeness (QED) is 0.265. The van der Waals surface area contributed by atoms with Crippen LogP contribution in [0.2, 0.25) is 0 Å². The number of benzene rings is 2. The van der Waals surface area contributed by atoms with Crippen molar-refractivity contribution in [3.63, 3.8) is 0 Å². The van der Waals surface area contributed by atoms with E-state index in [0.29, 0.717) is 55.6 Å². The Kier molecular flexibility index (Phi) is 11.5. The lowest BCUT2D eigenvalue weighted by Crippen LogP contribution is -2.45. The Balaban J connectivity index is 1.75. The fraction of sp³-hybridized carbons (Fsp3) is 0.400. The summed E-state index contributed by atoms with van der Waals surface area (Å²) in [6, 6.07) is 16.9. The highest BCUT2D eigenvalue weighted by molar-refractivity contribution is 7.11. The number of rotatable bonds is 14. The van der Waals surface area contributed by atoms with Gasteiger partial charge in [0.1, 0.15) is 12.3 Å². The summed E-state index contributed by atoms with van der Waals surface area (Å²) in [6.45, 7) is 7.84. The highest BCUT2D eigenvalue weighted by Gasteiger charge is 2.22. The number of amides is 3. The first kappa shape index (κ1) is 29.8. The van der Waals surface area contributed by atoms with Crippen molar-refractivity contribution in [2.24, 2.45) is 0 Å². The second-order valence-corrected chi connectivity index (χ2v) is 10.4. The number of nitrogens with zero attached hydrogens (tertiary/aromatic N) is 2. The molecular weight excluding hydrogens is 514 g/mol. The Morgan fingerprint density at radius 2 is 1.67 bits per heavy atom. The van der Waals surface area contributed by atoms with Crippen molar-refractivity contribution in [2.45, 2.75) is 40.2 Å². The van der Waals surface area contributed by atoms with Gasteiger partial charge in [-0.05, 0) is 68.7 Å². The summed E-state index contributed by atoms with van der Waals surface area (Å²) in [5, 5.41) is 2.93. The average molecular weight is 554 g/mol. The molecule has 0 spiro atoms. The second kappa shape index (κ2) is 15.0. The lowest BCUT2D eigenvalue weighted by molar-refractivity contribution is -0.132. The van der Waals surface area contributed by atoms with Gasteiger partial charge in [0.05, 0.1) is 33.1 Å². The van der Waals surface area contributed by atoms with Crippen molar-refractivity contribution < 1.29 is 23.8 Å². The van der Waals surface area contributed by atoms with Gasteiger partial charge in [-0.15, -0.1) is 11.3 Å². The molecule has 0 radical (unpaired) electrons.